The van der Waals surface area contributed by atoms with Crippen molar-refractivity contribution in [2.45, 2.75) is 44.2 Å². The summed E-state index contributed by atoms with van der Waals surface area (Å²) in [7, 11) is 4.10. The summed E-state index contributed by atoms with van der Waals surface area (Å²) in [6.45, 7) is 0.648. The van der Waals surface area contributed by atoms with Crippen molar-refractivity contribution in [3.63, 3.8) is 0 Å². The van der Waals surface area contributed by atoms with Gasteiger partial charge in [0.05, 0.1) is 12.0 Å². The van der Waals surface area contributed by atoms with Crippen molar-refractivity contribution in [3.05, 3.63) is 22.4 Å². The fourth-order valence-electron chi connectivity index (χ4n) is 3.01. The number of hydrogen-bond donors (Lipinski definition) is 2. The van der Waals surface area contributed by atoms with Crippen LogP contribution in [0.15, 0.2) is 17.5 Å². The third kappa shape index (κ3) is 4.53. The quantitative estimate of drug-likeness (QED) is 0.821. The highest BCUT2D eigenvalue weighted by molar-refractivity contribution is 7.10. The fourth-order valence-corrected chi connectivity index (χ4v) is 3.93. The van der Waals surface area contributed by atoms with Crippen LogP contribution in [0.3, 0.4) is 0 Å². The van der Waals surface area contributed by atoms with Crippen molar-refractivity contribution in [2.75, 3.05) is 20.6 Å². The van der Waals surface area contributed by atoms with Crippen LogP contribution < -0.4 is 11.1 Å². The molecule has 3 N–H and O–H groups in total. The molecule has 1 aromatic heterocycles. The first-order valence-electron chi connectivity index (χ1n) is 7.82. The van der Waals surface area contributed by atoms with Gasteiger partial charge in [0.25, 0.3) is 0 Å². The highest BCUT2D eigenvalue weighted by Crippen LogP contribution is 2.24. The number of carbonyl (C=O) groups excluding carboxylic acids is 1. The lowest BCUT2D eigenvalue weighted by Crippen LogP contribution is -2.43. The summed E-state index contributed by atoms with van der Waals surface area (Å²) in [6, 6.07) is 4.43. The van der Waals surface area contributed by atoms with E-state index in [0.717, 1.165) is 25.7 Å². The summed E-state index contributed by atoms with van der Waals surface area (Å²) in [4.78, 5) is 15.9. The van der Waals surface area contributed by atoms with Crippen LogP contribution in [-0.2, 0) is 4.79 Å². The summed E-state index contributed by atoms with van der Waals surface area (Å²) in [5.74, 6) is 0.117. The predicted octanol–water partition coefficient (Wildman–Crippen LogP) is 2.37. The predicted molar refractivity (Wildman–Crippen MR) is 88.3 cm³/mol. The van der Waals surface area contributed by atoms with Gasteiger partial charge in [-0.15, -0.1) is 11.3 Å². The second kappa shape index (κ2) is 7.92. The summed E-state index contributed by atoms with van der Waals surface area (Å²) in [5, 5.41) is 5.20. The lowest BCUT2D eigenvalue weighted by atomic mass is 9.94. The molecule has 1 fully saturated rings. The lowest BCUT2D eigenvalue weighted by molar-refractivity contribution is -0.126. The minimum Gasteiger partial charge on any atom is -0.354 e. The molecule has 0 bridgehead atoms. The summed E-state index contributed by atoms with van der Waals surface area (Å²) >= 11 is 1.73. The molecule has 21 heavy (non-hydrogen) atoms. The largest absolute Gasteiger partial charge is 0.354 e. The van der Waals surface area contributed by atoms with E-state index in [-0.39, 0.29) is 23.9 Å². The zero-order chi connectivity index (χ0) is 15.2. The van der Waals surface area contributed by atoms with Crippen LogP contribution >= 0.6 is 11.3 Å². The number of thiophene rings is 1. The third-order valence-corrected chi connectivity index (χ3v) is 5.34. The van der Waals surface area contributed by atoms with Gasteiger partial charge in [-0.2, -0.15) is 0 Å². The third-order valence-electron chi connectivity index (χ3n) is 4.37. The Hall–Kier alpha value is -0.910. The Morgan fingerprint density at radius 3 is 2.86 bits per heavy atom. The number of carbonyl (C=O) groups is 1. The summed E-state index contributed by atoms with van der Waals surface area (Å²) < 4.78 is 0. The molecule has 0 radical (unpaired) electrons. The average Bonchev–Trinajstić information content (AvgIpc) is 2.87. The van der Waals surface area contributed by atoms with E-state index in [1.807, 2.05) is 14.1 Å². The van der Waals surface area contributed by atoms with Gasteiger partial charge in [-0.05, 0) is 38.4 Å². The highest BCUT2D eigenvalue weighted by Gasteiger charge is 2.27. The van der Waals surface area contributed by atoms with Gasteiger partial charge in [-0.1, -0.05) is 25.3 Å². The Bertz CT molecular complexity index is 433. The topological polar surface area (TPSA) is 58.4 Å². The van der Waals surface area contributed by atoms with Crippen LogP contribution in [0.5, 0.6) is 0 Å². The van der Waals surface area contributed by atoms with Crippen LogP contribution in [0.4, 0.5) is 0 Å². The first kappa shape index (κ1) is 16.5. The number of amides is 1. The van der Waals surface area contributed by atoms with Gasteiger partial charge in [-0.25, -0.2) is 0 Å². The summed E-state index contributed by atoms with van der Waals surface area (Å²) in [6.07, 6.45) is 5.38. The second-order valence-corrected chi connectivity index (χ2v) is 7.13. The van der Waals surface area contributed by atoms with Crippen molar-refractivity contribution in [1.82, 2.24) is 10.2 Å². The fraction of sp³-hybridized carbons (Fsp3) is 0.688. The molecule has 1 aliphatic carbocycles. The molecule has 1 aliphatic rings. The molecule has 0 aromatic carbocycles. The monoisotopic (exact) mass is 309 g/mol. The molecule has 0 spiro atoms. The normalized spacial score (nSPS) is 24.6. The molecule has 4 nitrogen and oxygen atoms in total. The van der Waals surface area contributed by atoms with Crippen molar-refractivity contribution in [3.8, 4) is 0 Å². The Morgan fingerprint density at radius 2 is 2.19 bits per heavy atom. The minimum absolute atomic E-state index is 0.0151. The minimum atomic E-state index is -0.0151. The lowest BCUT2D eigenvalue weighted by Gasteiger charge is -2.26. The maximum atomic E-state index is 12.5. The van der Waals surface area contributed by atoms with Crippen molar-refractivity contribution in [1.29, 1.82) is 0 Å². The van der Waals surface area contributed by atoms with Crippen molar-refractivity contribution >= 4 is 17.2 Å². The Kier molecular flexibility index (Phi) is 6.21. The molecule has 0 aliphatic heterocycles. The van der Waals surface area contributed by atoms with Crippen molar-refractivity contribution in [2.24, 2.45) is 11.7 Å². The molecule has 3 unspecified atom stereocenters. The molecule has 1 heterocycles. The standard InChI is InChI=1S/C16H27N3OS/c1-19(2)14(15-9-6-10-21-15)11-18-16(20)12-7-4-3-5-8-13(12)17/h6,9-10,12-14H,3-5,7-8,11,17H2,1-2H3,(H,18,20). The Morgan fingerprint density at radius 1 is 1.43 bits per heavy atom. The van der Waals surface area contributed by atoms with Gasteiger partial charge in [-0.3, -0.25) is 4.79 Å². The number of nitrogens with one attached hydrogen (secondary N) is 1. The Labute approximate surface area is 131 Å². The number of rotatable bonds is 5. The van der Waals surface area contributed by atoms with E-state index < -0.39 is 0 Å². The molecule has 3 atom stereocenters. The number of hydrogen-bond acceptors (Lipinski definition) is 4. The van der Waals surface area contributed by atoms with Crippen LogP contribution in [0, 0.1) is 5.92 Å². The van der Waals surface area contributed by atoms with Gasteiger partial charge in [0, 0.05) is 17.5 Å². The molecule has 5 heteroatoms. The molecule has 118 valence electrons. The molecule has 1 saturated carbocycles. The van der Waals surface area contributed by atoms with E-state index in [4.69, 9.17) is 5.73 Å². The average molecular weight is 309 g/mol. The van der Waals surface area contributed by atoms with E-state index in [1.54, 1.807) is 11.3 Å². The zero-order valence-corrected chi connectivity index (χ0v) is 13.9. The van der Waals surface area contributed by atoms with E-state index in [2.05, 4.69) is 27.7 Å². The van der Waals surface area contributed by atoms with Crippen LogP contribution in [0.25, 0.3) is 0 Å². The molecule has 0 saturated heterocycles. The second-order valence-electron chi connectivity index (χ2n) is 6.15. The van der Waals surface area contributed by atoms with E-state index in [1.165, 1.54) is 11.3 Å². The first-order valence-corrected chi connectivity index (χ1v) is 8.70. The number of likely N-dealkylation sites (N-methyl/N-ethyl adjacent to an activating group) is 1. The van der Waals surface area contributed by atoms with Gasteiger partial charge in [0.2, 0.25) is 5.91 Å². The molecular weight excluding hydrogens is 282 g/mol. The summed E-state index contributed by atoms with van der Waals surface area (Å²) in [5.41, 5.74) is 6.17. The molecule has 1 aromatic rings. The maximum Gasteiger partial charge on any atom is 0.224 e. The Balaban J connectivity index is 1.92. The van der Waals surface area contributed by atoms with Gasteiger partial charge >= 0.3 is 0 Å². The molecule has 1 amide bonds. The van der Waals surface area contributed by atoms with Crippen LogP contribution in [-0.4, -0.2) is 37.5 Å². The van der Waals surface area contributed by atoms with Crippen LogP contribution in [0.2, 0.25) is 0 Å². The first-order chi connectivity index (χ1) is 10.1. The van der Waals surface area contributed by atoms with E-state index >= 15 is 0 Å². The molecule has 2 rings (SSSR count). The zero-order valence-electron chi connectivity index (χ0n) is 13.0. The SMILES string of the molecule is CN(C)C(CNC(=O)C1CCCCCC1N)c1cccs1. The maximum absolute atomic E-state index is 12.5. The van der Waals surface area contributed by atoms with Crippen LogP contribution in [0.1, 0.15) is 43.0 Å². The van der Waals surface area contributed by atoms with Gasteiger partial charge in [0.1, 0.15) is 0 Å². The van der Waals surface area contributed by atoms with E-state index in [9.17, 15) is 4.79 Å². The van der Waals surface area contributed by atoms with E-state index in [0.29, 0.717) is 6.54 Å². The van der Waals surface area contributed by atoms with Gasteiger partial charge in [0.15, 0.2) is 0 Å². The smallest absolute Gasteiger partial charge is 0.224 e. The van der Waals surface area contributed by atoms with Crippen molar-refractivity contribution < 1.29 is 4.79 Å². The number of nitrogens with zero attached hydrogens (tertiary/aromatic N) is 1. The van der Waals surface area contributed by atoms with Gasteiger partial charge < -0.3 is 16.0 Å². The highest BCUT2D eigenvalue weighted by atomic mass is 32.1. The number of nitrogens with two attached hydrogens (primary N) is 1. The molecular formula is C16H27N3OS.